The quantitative estimate of drug-likeness (QED) is 0.809. The molecular formula is C17H19FN4O3. The number of anilines is 1. The fraction of sp³-hybridized carbons (Fsp3) is 0.471. The van der Waals surface area contributed by atoms with Crippen LogP contribution in [-0.2, 0) is 4.74 Å². The number of rotatable bonds is 5. The van der Waals surface area contributed by atoms with Crippen molar-refractivity contribution in [1.29, 1.82) is 0 Å². The molecule has 1 aliphatic carbocycles. The van der Waals surface area contributed by atoms with Crippen LogP contribution in [0.1, 0.15) is 42.1 Å². The molecule has 0 amide bonds. The predicted molar refractivity (Wildman–Crippen MR) is 88.1 cm³/mol. The van der Waals surface area contributed by atoms with Gasteiger partial charge in [0.2, 0.25) is 5.95 Å². The molecule has 2 fully saturated rings. The zero-order valence-corrected chi connectivity index (χ0v) is 13.6. The molecule has 1 aliphatic heterocycles. The number of aromatic carboxylic acids is 1. The first-order valence-corrected chi connectivity index (χ1v) is 8.45. The van der Waals surface area contributed by atoms with Gasteiger partial charge in [-0.05, 0) is 37.8 Å². The third-order valence-electron chi connectivity index (χ3n) is 4.60. The van der Waals surface area contributed by atoms with Crippen molar-refractivity contribution in [2.45, 2.75) is 37.8 Å². The molecular weight excluding hydrogens is 327 g/mol. The Morgan fingerprint density at radius 3 is 2.68 bits per heavy atom. The van der Waals surface area contributed by atoms with Gasteiger partial charge in [-0.25, -0.2) is 9.78 Å². The van der Waals surface area contributed by atoms with E-state index in [1.54, 1.807) is 16.8 Å². The van der Waals surface area contributed by atoms with Crippen molar-refractivity contribution in [3.05, 3.63) is 29.8 Å². The first-order chi connectivity index (χ1) is 12.1. The molecule has 2 aromatic rings. The molecule has 2 N–H and O–H groups in total. The van der Waals surface area contributed by atoms with E-state index in [9.17, 15) is 14.3 Å². The summed E-state index contributed by atoms with van der Waals surface area (Å²) < 4.78 is 21.6. The summed E-state index contributed by atoms with van der Waals surface area (Å²) in [6.07, 6.45) is 4.83. The molecule has 8 heteroatoms. The van der Waals surface area contributed by atoms with Crippen molar-refractivity contribution in [1.82, 2.24) is 14.8 Å². The summed E-state index contributed by atoms with van der Waals surface area (Å²) in [4.78, 5) is 15.5. The third kappa shape index (κ3) is 3.21. The number of carboxylic acid groups (broad SMARTS) is 1. The summed E-state index contributed by atoms with van der Waals surface area (Å²) in [7, 11) is 0. The van der Waals surface area contributed by atoms with E-state index in [2.05, 4.69) is 15.4 Å². The monoisotopic (exact) mass is 346 g/mol. The summed E-state index contributed by atoms with van der Waals surface area (Å²) in [5.74, 6) is -1.35. The van der Waals surface area contributed by atoms with Gasteiger partial charge in [0.15, 0.2) is 0 Å². The number of pyridine rings is 1. The number of carbonyl (C=O) groups is 1. The van der Waals surface area contributed by atoms with E-state index in [4.69, 9.17) is 4.74 Å². The first kappa shape index (κ1) is 16.0. The average Bonchev–Trinajstić information content (AvgIpc) is 3.30. The van der Waals surface area contributed by atoms with Crippen molar-refractivity contribution < 1.29 is 19.0 Å². The molecule has 7 nitrogen and oxygen atoms in total. The first-order valence-electron chi connectivity index (χ1n) is 8.45. The number of hydrogen-bond donors (Lipinski definition) is 2. The van der Waals surface area contributed by atoms with Crippen LogP contribution in [-0.4, -0.2) is 45.1 Å². The third-order valence-corrected chi connectivity index (χ3v) is 4.60. The van der Waals surface area contributed by atoms with Crippen LogP contribution in [0.2, 0.25) is 0 Å². The topological polar surface area (TPSA) is 89.3 Å². The molecule has 1 saturated heterocycles. The Morgan fingerprint density at radius 1 is 1.28 bits per heavy atom. The van der Waals surface area contributed by atoms with Crippen LogP contribution in [0.4, 0.5) is 10.2 Å². The fourth-order valence-corrected chi connectivity index (χ4v) is 3.12. The van der Waals surface area contributed by atoms with Crippen molar-refractivity contribution >= 4 is 11.8 Å². The molecule has 132 valence electrons. The largest absolute Gasteiger partial charge is 0.478 e. The summed E-state index contributed by atoms with van der Waals surface area (Å²) in [6.45, 7) is 1.16. The molecule has 1 saturated carbocycles. The summed E-state index contributed by atoms with van der Waals surface area (Å²) >= 11 is 0. The Labute approximate surface area is 143 Å². The van der Waals surface area contributed by atoms with E-state index >= 15 is 0 Å². The van der Waals surface area contributed by atoms with Gasteiger partial charge >= 0.3 is 5.97 Å². The van der Waals surface area contributed by atoms with Crippen LogP contribution in [0, 0.1) is 5.95 Å². The zero-order valence-electron chi connectivity index (χ0n) is 13.6. The van der Waals surface area contributed by atoms with Gasteiger partial charge in [-0.2, -0.15) is 9.49 Å². The van der Waals surface area contributed by atoms with E-state index in [0.29, 0.717) is 37.9 Å². The van der Waals surface area contributed by atoms with E-state index in [-0.39, 0.29) is 22.9 Å². The minimum Gasteiger partial charge on any atom is -0.478 e. The molecule has 0 unspecified atom stereocenters. The molecule has 4 rings (SSSR count). The van der Waals surface area contributed by atoms with Crippen LogP contribution in [0.3, 0.4) is 0 Å². The Morgan fingerprint density at radius 2 is 2.04 bits per heavy atom. The van der Waals surface area contributed by atoms with Gasteiger partial charge in [-0.3, -0.25) is 4.68 Å². The Balaban J connectivity index is 1.74. The highest BCUT2D eigenvalue weighted by molar-refractivity contribution is 5.94. The number of carboxylic acids is 1. The zero-order chi connectivity index (χ0) is 17.4. The van der Waals surface area contributed by atoms with E-state index < -0.39 is 11.9 Å². The lowest BCUT2D eigenvalue weighted by Crippen LogP contribution is -2.21. The number of hydrogen-bond acceptors (Lipinski definition) is 5. The van der Waals surface area contributed by atoms with Crippen molar-refractivity contribution in [2.75, 3.05) is 18.5 Å². The van der Waals surface area contributed by atoms with E-state index in [0.717, 1.165) is 12.8 Å². The van der Waals surface area contributed by atoms with E-state index in [1.165, 1.54) is 6.20 Å². The average molecular weight is 346 g/mol. The van der Waals surface area contributed by atoms with Gasteiger partial charge in [0, 0.05) is 19.3 Å². The van der Waals surface area contributed by atoms with Crippen LogP contribution >= 0.6 is 0 Å². The lowest BCUT2D eigenvalue weighted by atomic mass is 10.1. The highest BCUT2D eigenvalue weighted by Gasteiger charge is 2.27. The summed E-state index contributed by atoms with van der Waals surface area (Å²) in [5.41, 5.74) is 0.403. The van der Waals surface area contributed by atoms with E-state index in [1.807, 2.05) is 0 Å². The Kier molecular flexibility index (Phi) is 4.12. The molecule has 0 aromatic carbocycles. The molecule has 2 aliphatic rings. The van der Waals surface area contributed by atoms with Crippen LogP contribution in [0.5, 0.6) is 0 Å². The lowest BCUT2D eigenvalue weighted by Gasteiger charge is -2.24. The number of nitrogens with zero attached hydrogens (tertiary/aromatic N) is 3. The van der Waals surface area contributed by atoms with Gasteiger partial charge in [-0.1, -0.05) is 0 Å². The molecule has 0 radical (unpaired) electrons. The smallest absolute Gasteiger partial charge is 0.339 e. The number of ether oxygens (including phenoxy) is 1. The minimum absolute atomic E-state index is 0.0134. The van der Waals surface area contributed by atoms with Crippen LogP contribution in [0.15, 0.2) is 18.3 Å². The van der Waals surface area contributed by atoms with Gasteiger partial charge < -0.3 is 15.2 Å². The van der Waals surface area contributed by atoms with Crippen molar-refractivity contribution in [2.24, 2.45) is 0 Å². The second-order valence-corrected chi connectivity index (χ2v) is 6.45. The molecule has 0 spiro atoms. The standard InChI is InChI=1S/C17H19FN4O3/c18-16-12(3-4-14(21-16)20-10-1-2-10)15-13(17(23)24)9-19-22(15)11-5-7-25-8-6-11/h3-4,9-11H,1-2,5-8H2,(H,20,21)(H,23,24). The summed E-state index contributed by atoms with van der Waals surface area (Å²) in [5, 5.41) is 16.8. The minimum atomic E-state index is -1.13. The number of aromatic nitrogens is 3. The van der Waals surface area contributed by atoms with Gasteiger partial charge in [0.25, 0.3) is 0 Å². The number of halogens is 1. The molecule has 2 aromatic heterocycles. The van der Waals surface area contributed by atoms with Crippen molar-refractivity contribution in [3.63, 3.8) is 0 Å². The van der Waals surface area contributed by atoms with Gasteiger partial charge in [0.1, 0.15) is 11.4 Å². The maximum Gasteiger partial charge on any atom is 0.339 e. The molecule has 25 heavy (non-hydrogen) atoms. The maximum absolute atomic E-state index is 14.7. The molecule has 0 bridgehead atoms. The highest BCUT2D eigenvalue weighted by Crippen LogP contribution is 2.33. The fourth-order valence-electron chi connectivity index (χ4n) is 3.12. The second kappa shape index (κ2) is 6.44. The molecule has 0 atom stereocenters. The predicted octanol–water partition coefficient (Wildman–Crippen LogP) is 2.71. The number of nitrogens with one attached hydrogen (secondary N) is 1. The normalized spacial score (nSPS) is 18.3. The molecule has 3 heterocycles. The van der Waals surface area contributed by atoms with Crippen LogP contribution < -0.4 is 5.32 Å². The van der Waals surface area contributed by atoms with Gasteiger partial charge in [-0.15, -0.1) is 0 Å². The maximum atomic E-state index is 14.7. The second-order valence-electron chi connectivity index (χ2n) is 6.45. The Hall–Kier alpha value is -2.48. The SMILES string of the molecule is O=C(O)c1cnn(C2CCOCC2)c1-c1ccc(NC2CC2)nc1F. The Bertz CT molecular complexity index is 797. The summed E-state index contributed by atoms with van der Waals surface area (Å²) in [6, 6.07) is 3.61. The van der Waals surface area contributed by atoms with Crippen LogP contribution in [0.25, 0.3) is 11.3 Å². The highest BCUT2D eigenvalue weighted by atomic mass is 19.1. The van der Waals surface area contributed by atoms with Crippen molar-refractivity contribution in [3.8, 4) is 11.3 Å². The van der Waals surface area contributed by atoms with Gasteiger partial charge in [0.05, 0.1) is 23.5 Å². The lowest BCUT2D eigenvalue weighted by molar-refractivity contribution is 0.0665.